The number of hydrogen-bond acceptors (Lipinski definition) is 5. The number of thiazole rings is 1. The predicted octanol–water partition coefficient (Wildman–Crippen LogP) is 2.87. The van der Waals surface area contributed by atoms with E-state index in [9.17, 15) is 9.59 Å². The molecule has 2 amide bonds. The molecular weight excluding hydrogens is 314 g/mol. The second-order valence-corrected chi connectivity index (χ2v) is 8.12. The third kappa shape index (κ3) is 4.92. The Morgan fingerprint density at radius 1 is 1.35 bits per heavy atom. The SMILES string of the molecule is Cc1ncsc1C(=O)N[C@](C)(CNC(=O)OC(C)(C)C)C1CC1. The summed E-state index contributed by atoms with van der Waals surface area (Å²) in [6.45, 7) is 9.59. The molecule has 0 bridgehead atoms. The Bertz CT molecular complexity index is 590. The molecule has 1 aliphatic rings. The molecule has 128 valence electrons. The summed E-state index contributed by atoms with van der Waals surface area (Å²) in [4.78, 5) is 29.1. The van der Waals surface area contributed by atoms with Gasteiger partial charge < -0.3 is 15.4 Å². The molecule has 7 heteroatoms. The highest BCUT2D eigenvalue weighted by Crippen LogP contribution is 2.39. The monoisotopic (exact) mass is 339 g/mol. The van der Waals surface area contributed by atoms with Crippen molar-refractivity contribution in [3.05, 3.63) is 16.1 Å². The van der Waals surface area contributed by atoms with E-state index in [2.05, 4.69) is 15.6 Å². The van der Waals surface area contributed by atoms with Crippen molar-refractivity contribution in [1.82, 2.24) is 15.6 Å². The first-order chi connectivity index (χ1) is 10.6. The van der Waals surface area contributed by atoms with E-state index >= 15 is 0 Å². The number of alkyl carbamates (subject to hydrolysis) is 1. The fourth-order valence-electron chi connectivity index (χ4n) is 2.42. The van der Waals surface area contributed by atoms with Crippen LogP contribution in [0, 0.1) is 12.8 Å². The minimum absolute atomic E-state index is 0.134. The number of nitrogens with zero attached hydrogens (tertiary/aromatic N) is 1. The van der Waals surface area contributed by atoms with Gasteiger partial charge in [-0.3, -0.25) is 4.79 Å². The molecule has 1 aromatic rings. The highest BCUT2D eigenvalue weighted by Gasteiger charge is 2.43. The van der Waals surface area contributed by atoms with Crippen molar-refractivity contribution in [3.8, 4) is 0 Å². The third-order valence-corrected chi connectivity index (χ3v) is 4.76. The number of hydrogen-bond donors (Lipinski definition) is 2. The van der Waals surface area contributed by atoms with Gasteiger partial charge in [0.15, 0.2) is 0 Å². The standard InChI is InChI=1S/C16H25N3O3S/c1-10-12(23-9-18-10)13(20)19-16(5,11-6-7-11)8-17-14(21)22-15(2,3)4/h9,11H,6-8H2,1-5H3,(H,17,21)(H,19,20)/t16-/m1/s1. The molecule has 2 rings (SSSR count). The molecule has 1 aromatic heterocycles. The summed E-state index contributed by atoms with van der Waals surface area (Å²) < 4.78 is 5.26. The lowest BCUT2D eigenvalue weighted by molar-refractivity contribution is 0.0502. The minimum Gasteiger partial charge on any atom is -0.444 e. The number of rotatable bonds is 5. The van der Waals surface area contributed by atoms with Crippen molar-refractivity contribution < 1.29 is 14.3 Å². The lowest BCUT2D eigenvalue weighted by Crippen LogP contribution is -2.55. The van der Waals surface area contributed by atoms with Gasteiger partial charge in [0.05, 0.1) is 16.7 Å². The number of aryl methyl sites for hydroxylation is 1. The molecular formula is C16H25N3O3S. The van der Waals surface area contributed by atoms with E-state index in [0.717, 1.165) is 18.5 Å². The van der Waals surface area contributed by atoms with Gasteiger partial charge in [0, 0.05) is 6.54 Å². The lowest BCUT2D eigenvalue weighted by atomic mass is 9.95. The van der Waals surface area contributed by atoms with Crippen molar-refractivity contribution >= 4 is 23.3 Å². The van der Waals surface area contributed by atoms with Crippen molar-refractivity contribution in [1.29, 1.82) is 0 Å². The second kappa shape index (κ2) is 6.47. The molecule has 1 saturated carbocycles. The first kappa shape index (κ1) is 17.7. The largest absolute Gasteiger partial charge is 0.444 e. The molecule has 0 aromatic carbocycles. The molecule has 6 nitrogen and oxygen atoms in total. The summed E-state index contributed by atoms with van der Waals surface area (Å²) >= 11 is 1.33. The summed E-state index contributed by atoms with van der Waals surface area (Å²) in [6, 6.07) is 0. The maximum Gasteiger partial charge on any atom is 0.407 e. The Morgan fingerprint density at radius 3 is 2.48 bits per heavy atom. The summed E-state index contributed by atoms with van der Waals surface area (Å²) in [5.74, 6) is 0.236. The van der Waals surface area contributed by atoms with Gasteiger partial charge in [0.1, 0.15) is 10.5 Å². The highest BCUT2D eigenvalue weighted by atomic mass is 32.1. The van der Waals surface area contributed by atoms with Crippen molar-refractivity contribution in [2.24, 2.45) is 5.92 Å². The topological polar surface area (TPSA) is 80.3 Å². The molecule has 1 aliphatic carbocycles. The van der Waals surface area contributed by atoms with Gasteiger partial charge in [-0.1, -0.05) is 0 Å². The van der Waals surface area contributed by atoms with E-state index in [4.69, 9.17) is 4.74 Å². The van der Waals surface area contributed by atoms with Gasteiger partial charge in [-0.2, -0.15) is 0 Å². The minimum atomic E-state index is -0.539. The van der Waals surface area contributed by atoms with Crippen molar-refractivity contribution in [2.75, 3.05) is 6.54 Å². The molecule has 0 radical (unpaired) electrons. The number of ether oxygens (including phenoxy) is 1. The molecule has 1 atom stereocenters. The summed E-state index contributed by atoms with van der Waals surface area (Å²) in [5, 5.41) is 5.86. The summed E-state index contributed by atoms with van der Waals surface area (Å²) in [5.41, 5.74) is 1.37. The summed E-state index contributed by atoms with van der Waals surface area (Å²) in [6.07, 6.45) is 1.63. The highest BCUT2D eigenvalue weighted by molar-refractivity contribution is 7.11. The number of nitrogens with one attached hydrogen (secondary N) is 2. The number of aromatic nitrogens is 1. The van der Waals surface area contributed by atoms with Gasteiger partial charge in [0.2, 0.25) is 0 Å². The van der Waals surface area contributed by atoms with Gasteiger partial charge in [-0.05, 0) is 53.4 Å². The number of amides is 2. The Hall–Kier alpha value is -1.63. The number of carbonyl (C=O) groups excluding carboxylic acids is 2. The molecule has 0 unspecified atom stereocenters. The smallest absolute Gasteiger partial charge is 0.407 e. The first-order valence-corrected chi connectivity index (χ1v) is 8.68. The molecule has 2 N–H and O–H groups in total. The lowest BCUT2D eigenvalue weighted by Gasteiger charge is -2.31. The van der Waals surface area contributed by atoms with Crippen LogP contribution < -0.4 is 10.6 Å². The average Bonchev–Trinajstić information content (AvgIpc) is 3.18. The Labute approximate surface area is 141 Å². The van der Waals surface area contributed by atoms with E-state index in [1.54, 1.807) is 5.51 Å². The maximum absolute atomic E-state index is 12.5. The Kier molecular flexibility index (Phi) is 4.98. The van der Waals surface area contributed by atoms with E-state index in [0.29, 0.717) is 17.3 Å². The Morgan fingerprint density at radius 2 is 2.00 bits per heavy atom. The van der Waals surface area contributed by atoms with E-state index < -0.39 is 17.2 Å². The zero-order chi connectivity index (χ0) is 17.3. The third-order valence-electron chi connectivity index (χ3n) is 3.83. The maximum atomic E-state index is 12.5. The molecule has 0 aliphatic heterocycles. The van der Waals surface area contributed by atoms with Crippen molar-refractivity contribution in [2.45, 2.75) is 58.6 Å². The Balaban J connectivity index is 1.98. The van der Waals surface area contributed by atoms with E-state index in [1.165, 1.54) is 11.3 Å². The molecule has 1 fully saturated rings. The zero-order valence-corrected chi connectivity index (χ0v) is 15.2. The van der Waals surface area contributed by atoms with Crippen molar-refractivity contribution in [3.63, 3.8) is 0 Å². The summed E-state index contributed by atoms with van der Waals surface area (Å²) in [7, 11) is 0. The van der Waals surface area contributed by atoms with E-state index in [-0.39, 0.29) is 5.91 Å². The molecule has 0 saturated heterocycles. The van der Waals surface area contributed by atoms with Crippen LogP contribution in [0.3, 0.4) is 0 Å². The van der Waals surface area contributed by atoms with Gasteiger partial charge in [-0.25, -0.2) is 9.78 Å². The predicted molar refractivity (Wildman–Crippen MR) is 89.7 cm³/mol. The van der Waals surface area contributed by atoms with E-state index in [1.807, 2.05) is 34.6 Å². The van der Waals surface area contributed by atoms with Crippen LogP contribution in [0.4, 0.5) is 4.79 Å². The zero-order valence-electron chi connectivity index (χ0n) is 14.4. The van der Waals surface area contributed by atoms with Gasteiger partial charge in [-0.15, -0.1) is 11.3 Å². The van der Waals surface area contributed by atoms with Crippen LogP contribution in [0.2, 0.25) is 0 Å². The fraction of sp³-hybridized carbons (Fsp3) is 0.688. The average molecular weight is 339 g/mol. The van der Waals surface area contributed by atoms with Crippen LogP contribution in [-0.2, 0) is 4.74 Å². The van der Waals surface area contributed by atoms with Crippen LogP contribution in [0.1, 0.15) is 55.9 Å². The van der Waals surface area contributed by atoms with Crippen LogP contribution in [0.5, 0.6) is 0 Å². The van der Waals surface area contributed by atoms with Crippen LogP contribution in [0.15, 0.2) is 5.51 Å². The van der Waals surface area contributed by atoms with Gasteiger partial charge in [0.25, 0.3) is 5.91 Å². The van der Waals surface area contributed by atoms with Crippen LogP contribution in [-0.4, -0.2) is 34.7 Å². The molecule has 23 heavy (non-hydrogen) atoms. The van der Waals surface area contributed by atoms with Crippen LogP contribution >= 0.6 is 11.3 Å². The van der Waals surface area contributed by atoms with Gasteiger partial charge >= 0.3 is 6.09 Å². The quantitative estimate of drug-likeness (QED) is 0.864. The molecule has 0 spiro atoms. The molecule has 1 heterocycles. The number of carbonyl (C=O) groups is 2. The second-order valence-electron chi connectivity index (χ2n) is 7.27. The first-order valence-electron chi connectivity index (χ1n) is 7.80. The van der Waals surface area contributed by atoms with Crippen LogP contribution in [0.25, 0.3) is 0 Å². The fourth-order valence-corrected chi connectivity index (χ4v) is 3.11. The normalized spacial score (nSPS) is 17.3.